The van der Waals surface area contributed by atoms with Crippen LogP contribution in [0.15, 0.2) is 30.5 Å². The van der Waals surface area contributed by atoms with Crippen molar-refractivity contribution >= 4 is 48.4 Å². The third kappa shape index (κ3) is 11.1. The zero-order chi connectivity index (χ0) is 39.3. The molecule has 2 fully saturated rings. The molecule has 54 heavy (non-hydrogen) atoms. The number of pyridine rings is 1. The van der Waals surface area contributed by atoms with Crippen molar-refractivity contribution in [2.24, 2.45) is 11.3 Å². The summed E-state index contributed by atoms with van der Waals surface area (Å²) in [5, 5.41) is 4.92. The number of fused-ring (bicyclic) bond motifs is 1. The lowest BCUT2D eigenvalue weighted by molar-refractivity contribution is -0.124. The van der Waals surface area contributed by atoms with Gasteiger partial charge >= 0.3 is 6.09 Å². The molecule has 1 saturated heterocycles. The van der Waals surface area contributed by atoms with Gasteiger partial charge in [-0.1, -0.05) is 57.1 Å². The highest BCUT2D eigenvalue weighted by Crippen LogP contribution is 2.59. The summed E-state index contributed by atoms with van der Waals surface area (Å²) in [7, 11) is 0.273. The average Bonchev–Trinajstić information content (AvgIpc) is 3.64. The van der Waals surface area contributed by atoms with Crippen molar-refractivity contribution in [3.05, 3.63) is 41.3 Å². The Hall–Kier alpha value is -3.48. The zero-order valence-electron chi connectivity index (χ0n) is 33.6. The number of piperidine rings is 1. The molecule has 0 unspecified atom stereocenters. The fourth-order valence-corrected chi connectivity index (χ4v) is 8.16. The van der Waals surface area contributed by atoms with E-state index in [1.54, 1.807) is 12.0 Å². The van der Waals surface area contributed by atoms with Crippen molar-refractivity contribution in [3.8, 4) is 17.1 Å². The predicted octanol–water partition coefficient (Wildman–Crippen LogP) is 9.20. The third-order valence-electron chi connectivity index (χ3n) is 10.6. The molecule has 3 heterocycles. The van der Waals surface area contributed by atoms with E-state index in [0.29, 0.717) is 61.4 Å². The van der Waals surface area contributed by atoms with Crippen LogP contribution in [0.4, 0.5) is 4.79 Å². The van der Waals surface area contributed by atoms with Crippen LogP contribution in [-0.4, -0.2) is 77.7 Å². The Morgan fingerprint density at radius 1 is 1.07 bits per heavy atom. The van der Waals surface area contributed by atoms with Crippen LogP contribution in [0.2, 0.25) is 30.7 Å². The number of unbranched alkanes of at least 4 members (excludes halogenated alkanes) is 2. The largest absolute Gasteiger partial charge is 0.480 e. The molecule has 11 nitrogen and oxygen atoms in total. The van der Waals surface area contributed by atoms with E-state index in [2.05, 4.69) is 25.0 Å². The molecule has 1 aliphatic heterocycles. The first-order valence-corrected chi connectivity index (χ1v) is 23.7. The van der Waals surface area contributed by atoms with E-state index in [1.165, 1.54) is 0 Å². The Bertz CT molecular complexity index is 1790. The number of hydrogen-bond donors (Lipinski definition) is 1. The number of methoxy groups -OCH3 is 1. The SMILES string of the molecule is CCC(=O)CCCCC[C@H](NC(=O)[C@H]1CC12CCN(C(=O)OC(C)(C)C)CC2)c1nc(-c2cc3ccc(Cl)cc3nc2OC)cn1COCC[Si](C)(C)C. The number of carbonyl (C=O) groups is 3. The van der Waals surface area contributed by atoms with Gasteiger partial charge in [0.2, 0.25) is 11.8 Å². The number of Topliss-reactive ketones (excluding diaryl/α,β-unsaturated/α-hetero) is 1. The van der Waals surface area contributed by atoms with Gasteiger partial charge in [0.05, 0.1) is 29.9 Å². The Balaban J connectivity index is 1.40. The molecule has 1 spiro atoms. The van der Waals surface area contributed by atoms with Crippen LogP contribution < -0.4 is 10.1 Å². The number of halogens is 1. The van der Waals surface area contributed by atoms with Crippen LogP contribution in [0.1, 0.15) is 97.3 Å². The Morgan fingerprint density at radius 3 is 2.48 bits per heavy atom. The van der Waals surface area contributed by atoms with Gasteiger partial charge in [-0.15, -0.1) is 0 Å². The fraction of sp³-hybridized carbons (Fsp3) is 0.634. The molecule has 13 heteroatoms. The Labute approximate surface area is 326 Å². The topological polar surface area (TPSA) is 125 Å². The van der Waals surface area contributed by atoms with Gasteiger partial charge in [0.1, 0.15) is 23.9 Å². The predicted molar refractivity (Wildman–Crippen MR) is 215 cm³/mol. The number of amides is 2. The normalized spacial score (nSPS) is 17.4. The Morgan fingerprint density at radius 2 is 1.81 bits per heavy atom. The molecule has 1 N–H and O–H groups in total. The molecule has 1 saturated carbocycles. The van der Waals surface area contributed by atoms with Gasteiger partial charge in [-0.25, -0.2) is 14.8 Å². The van der Waals surface area contributed by atoms with Crippen molar-refractivity contribution in [1.82, 2.24) is 24.8 Å². The smallest absolute Gasteiger partial charge is 0.410 e. The molecule has 0 bridgehead atoms. The van der Waals surface area contributed by atoms with Crippen LogP contribution in [-0.2, 0) is 25.8 Å². The van der Waals surface area contributed by atoms with E-state index < -0.39 is 13.7 Å². The number of imidazole rings is 1. The van der Waals surface area contributed by atoms with Gasteiger partial charge in [-0.05, 0) is 82.5 Å². The van der Waals surface area contributed by atoms with Crippen molar-refractivity contribution in [3.63, 3.8) is 0 Å². The number of aromatic nitrogens is 3. The van der Waals surface area contributed by atoms with E-state index in [4.69, 9.17) is 35.8 Å². The highest BCUT2D eigenvalue weighted by molar-refractivity contribution is 6.76. The third-order valence-corrected chi connectivity index (χ3v) is 12.6. The first kappa shape index (κ1) is 41.7. The minimum Gasteiger partial charge on any atom is -0.480 e. The number of ether oxygens (including phenoxy) is 3. The number of benzene rings is 1. The van der Waals surface area contributed by atoms with Gasteiger partial charge in [0.25, 0.3) is 0 Å². The number of ketones is 1. The Kier molecular flexibility index (Phi) is 13.5. The molecule has 3 aromatic rings. The van der Waals surface area contributed by atoms with Crippen molar-refractivity contribution in [2.45, 2.75) is 130 Å². The average molecular weight is 782 g/mol. The molecule has 1 aromatic carbocycles. The second-order valence-corrected chi connectivity index (χ2v) is 23.4. The number of carbonyl (C=O) groups excluding carboxylic acids is 3. The summed E-state index contributed by atoms with van der Waals surface area (Å²) >= 11 is 6.28. The summed E-state index contributed by atoms with van der Waals surface area (Å²) in [5.74, 6) is 1.30. The molecule has 1 aliphatic carbocycles. The van der Waals surface area contributed by atoms with Crippen molar-refractivity contribution < 1.29 is 28.6 Å². The molecule has 0 radical (unpaired) electrons. The number of nitrogens with zero attached hydrogens (tertiary/aromatic N) is 4. The summed E-state index contributed by atoms with van der Waals surface area (Å²) in [6.07, 6.45) is 8.31. The summed E-state index contributed by atoms with van der Waals surface area (Å²) in [6, 6.07) is 8.23. The summed E-state index contributed by atoms with van der Waals surface area (Å²) < 4.78 is 19.7. The fourth-order valence-electron chi connectivity index (χ4n) is 7.24. The maximum Gasteiger partial charge on any atom is 0.410 e. The highest BCUT2D eigenvalue weighted by atomic mass is 35.5. The quantitative estimate of drug-likeness (QED) is 0.106. The molecule has 296 valence electrons. The van der Waals surface area contributed by atoms with E-state index in [-0.39, 0.29) is 41.9 Å². The molecular formula is C41H60ClN5O6Si. The lowest BCUT2D eigenvalue weighted by Crippen LogP contribution is -2.43. The maximum absolute atomic E-state index is 14.2. The molecule has 2 amide bonds. The first-order chi connectivity index (χ1) is 25.5. The number of rotatable bonds is 17. The number of nitrogens with one attached hydrogen (secondary N) is 1. The van der Waals surface area contributed by atoms with Crippen molar-refractivity contribution in [2.75, 3.05) is 26.8 Å². The van der Waals surface area contributed by atoms with Gasteiger partial charge in [0.15, 0.2) is 0 Å². The molecule has 5 rings (SSSR count). The number of hydrogen-bond acceptors (Lipinski definition) is 8. The van der Waals surface area contributed by atoms with E-state index in [1.807, 2.05) is 62.7 Å². The monoisotopic (exact) mass is 781 g/mol. The minimum atomic E-state index is -1.32. The van der Waals surface area contributed by atoms with E-state index in [0.717, 1.165) is 61.0 Å². The standard InChI is InChI=1S/C41H60ClN5O6Si/c1-9-30(48)13-11-10-12-14-33(44-37(49)32-25-41(32)17-19-46(20-18-41)39(50)53-40(2,3)4)36-43-35(26-47(36)27-52-21-22-54(6,7)8)31-23-28-15-16-29(42)24-34(28)45-38(31)51-5/h15-16,23-24,26,32-33H,9-14,17-22,25,27H2,1-8H3,(H,44,49)/t32-,33+/m1/s1. The lowest BCUT2D eigenvalue weighted by Gasteiger charge is -2.34. The summed E-state index contributed by atoms with van der Waals surface area (Å²) in [6.45, 7) is 16.6. The highest BCUT2D eigenvalue weighted by Gasteiger charge is 2.59. The van der Waals surface area contributed by atoms with Gasteiger partial charge in [-0.3, -0.25) is 9.59 Å². The van der Waals surface area contributed by atoms with Crippen LogP contribution in [0.25, 0.3) is 22.2 Å². The molecular weight excluding hydrogens is 722 g/mol. The molecule has 2 aliphatic rings. The maximum atomic E-state index is 14.2. The van der Waals surface area contributed by atoms with Gasteiger partial charge < -0.3 is 29.0 Å². The van der Waals surface area contributed by atoms with Crippen LogP contribution in [0.5, 0.6) is 5.88 Å². The van der Waals surface area contributed by atoms with Gasteiger partial charge in [0, 0.05) is 63.1 Å². The zero-order valence-corrected chi connectivity index (χ0v) is 35.3. The second-order valence-electron chi connectivity index (χ2n) is 17.3. The van der Waals surface area contributed by atoms with Crippen LogP contribution in [0, 0.1) is 11.3 Å². The summed E-state index contributed by atoms with van der Waals surface area (Å²) in [4.78, 5) is 50.6. The molecule has 2 aromatic heterocycles. The van der Waals surface area contributed by atoms with Crippen LogP contribution in [0.3, 0.4) is 0 Å². The molecule has 2 atom stereocenters. The number of likely N-dealkylation sites (tertiary alicyclic amines) is 1. The van der Waals surface area contributed by atoms with E-state index in [9.17, 15) is 14.4 Å². The van der Waals surface area contributed by atoms with Crippen molar-refractivity contribution in [1.29, 1.82) is 0 Å². The van der Waals surface area contributed by atoms with Gasteiger partial charge in [-0.2, -0.15) is 0 Å². The van der Waals surface area contributed by atoms with Crippen LogP contribution >= 0.6 is 11.6 Å². The van der Waals surface area contributed by atoms with E-state index >= 15 is 0 Å². The lowest BCUT2D eigenvalue weighted by atomic mass is 9.90. The first-order valence-electron chi connectivity index (χ1n) is 19.6. The summed E-state index contributed by atoms with van der Waals surface area (Å²) in [5.41, 5.74) is 1.46. The second kappa shape index (κ2) is 17.5. The minimum absolute atomic E-state index is 0.0180.